The summed E-state index contributed by atoms with van der Waals surface area (Å²) in [5.74, 6) is 0.537. The molecule has 0 fully saturated rings. The lowest BCUT2D eigenvalue weighted by molar-refractivity contribution is 0.228. The molecule has 0 spiro atoms. The van der Waals surface area contributed by atoms with Gasteiger partial charge in [0.15, 0.2) is 11.2 Å². The Bertz CT molecular complexity index is 557. The van der Waals surface area contributed by atoms with Crippen LogP contribution in [0.2, 0.25) is 0 Å². The molecule has 0 aliphatic rings. The minimum absolute atomic E-state index is 0.204. The number of benzene rings is 1. The second-order valence-electron chi connectivity index (χ2n) is 3.75. The Morgan fingerprint density at radius 3 is 2.37 bits per heavy atom. The van der Waals surface area contributed by atoms with Gasteiger partial charge in [-0.25, -0.2) is 0 Å². The predicted molar refractivity (Wildman–Crippen MR) is 72.4 cm³/mol. The molecule has 102 valence electrons. The second-order valence-corrected chi connectivity index (χ2v) is 5.72. The van der Waals surface area contributed by atoms with Crippen molar-refractivity contribution in [3.8, 4) is 11.3 Å². The van der Waals surface area contributed by atoms with Crippen LogP contribution in [0.4, 0.5) is 0 Å². The molecule has 0 aliphatic carbocycles. The number of aromatic nitrogens is 1. The molecule has 0 radical (unpaired) electrons. The normalized spacial score (nSPS) is 11.7. The van der Waals surface area contributed by atoms with Gasteiger partial charge in [0.1, 0.15) is 0 Å². The van der Waals surface area contributed by atoms with Gasteiger partial charge in [0.2, 0.25) is 0 Å². The van der Waals surface area contributed by atoms with E-state index < -0.39 is 7.60 Å². The van der Waals surface area contributed by atoms with E-state index in [0.29, 0.717) is 5.76 Å². The standard InChI is InChI=1S/C13H16NO4P/c1-3-16-19(15,17-4-2)13-10-12(18-14-13)11-8-6-5-7-9-11/h5-10H,3-4H2,1-2H3. The summed E-state index contributed by atoms with van der Waals surface area (Å²) in [6.45, 7) is 4.07. The van der Waals surface area contributed by atoms with E-state index in [1.165, 1.54) is 0 Å². The molecule has 0 aliphatic heterocycles. The van der Waals surface area contributed by atoms with Crippen molar-refractivity contribution in [2.75, 3.05) is 13.2 Å². The lowest BCUT2D eigenvalue weighted by atomic mass is 10.2. The van der Waals surface area contributed by atoms with E-state index in [2.05, 4.69) is 5.16 Å². The summed E-state index contributed by atoms with van der Waals surface area (Å²) >= 11 is 0. The van der Waals surface area contributed by atoms with Crippen molar-refractivity contribution in [2.45, 2.75) is 13.8 Å². The van der Waals surface area contributed by atoms with Crippen LogP contribution in [0.5, 0.6) is 0 Å². The van der Waals surface area contributed by atoms with E-state index in [1.54, 1.807) is 19.9 Å². The maximum atomic E-state index is 12.5. The molecule has 1 aromatic heterocycles. The van der Waals surface area contributed by atoms with Crippen LogP contribution in [-0.2, 0) is 13.6 Å². The summed E-state index contributed by atoms with van der Waals surface area (Å²) in [6, 6.07) is 11.1. The minimum Gasteiger partial charge on any atom is -0.355 e. The van der Waals surface area contributed by atoms with Crippen LogP contribution >= 0.6 is 7.60 Å². The molecule has 5 nitrogen and oxygen atoms in total. The fourth-order valence-electron chi connectivity index (χ4n) is 1.64. The molecule has 2 aromatic rings. The highest BCUT2D eigenvalue weighted by Gasteiger charge is 2.31. The van der Waals surface area contributed by atoms with Crippen LogP contribution in [0.3, 0.4) is 0 Å². The van der Waals surface area contributed by atoms with Crippen LogP contribution in [0.1, 0.15) is 13.8 Å². The summed E-state index contributed by atoms with van der Waals surface area (Å²) in [7, 11) is -3.38. The maximum absolute atomic E-state index is 12.5. The summed E-state index contributed by atoms with van der Waals surface area (Å²) in [4.78, 5) is 0. The van der Waals surface area contributed by atoms with Crippen molar-refractivity contribution < 1.29 is 18.1 Å². The topological polar surface area (TPSA) is 61.6 Å². The van der Waals surface area contributed by atoms with Crippen LogP contribution in [-0.4, -0.2) is 18.4 Å². The number of hydrogen-bond donors (Lipinski definition) is 0. The summed E-state index contributed by atoms with van der Waals surface area (Å²) < 4.78 is 28.1. The Kier molecular flexibility index (Phi) is 4.53. The molecule has 0 unspecified atom stereocenters. The molecular formula is C13H16NO4P. The molecule has 19 heavy (non-hydrogen) atoms. The molecule has 0 saturated heterocycles. The average molecular weight is 281 g/mol. The molecule has 0 atom stereocenters. The first-order valence-electron chi connectivity index (χ1n) is 6.11. The van der Waals surface area contributed by atoms with Crippen molar-refractivity contribution in [2.24, 2.45) is 0 Å². The third-order valence-electron chi connectivity index (χ3n) is 2.43. The average Bonchev–Trinajstić information content (AvgIpc) is 2.90. The van der Waals surface area contributed by atoms with Gasteiger partial charge in [-0.05, 0) is 13.8 Å². The number of hydrogen-bond acceptors (Lipinski definition) is 5. The van der Waals surface area contributed by atoms with Crippen molar-refractivity contribution >= 4 is 13.0 Å². The van der Waals surface area contributed by atoms with Crippen LogP contribution < -0.4 is 5.44 Å². The fourth-order valence-corrected chi connectivity index (χ4v) is 3.08. The Balaban J connectivity index is 2.32. The second kappa shape index (κ2) is 6.15. The van der Waals surface area contributed by atoms with E-state index in [1.807, 2.05) is 30.3 Å². The maximum Gasteiger partial charge on any atom is 0.383 e. The van der Waals surface area contributed by atoms with Crippen LogP contribution in [0.25, 0.3) is 11.3 Å². The predicted octanol–water partition coefficient (Wildman–Crippen LogP) is 3.23. The lowest BCUT2D eigenvalue weighted by Gasteiger charge is -2.13. The summed E-state index contributed by atoms with van der Waals surface area (Å²) in [5, 5.41) is 3.81. The van der Waals surface area contributed by atoms with Gasteiger partial charge >= 0.3 is 7.60 Å². The van der Waals surface area contributed by atoms with Gasteiger partial charge in [0.25, 0.3) is 0 Å². The monoisotopic (exact) mass is 281 g/mol. The zero-order valence-corrected chi connectivity index (χ0v) is 11.8. The van der Waals surface area contributed by atoms with Crippen molar-refractivity contribution in [3.63, 3.8) is 0 Å². The highest BCUT2D eigenvalue weighted by molar-refractivity contribution is 7.61. The van der Waals surface area contributed by atoms with E-state index in [4.69, 9.17) is 13.6 Å². The van der Waals surface area contributed by atoms with Crippen molar-refractivity contribution in [3.05, 3.63) is 36.4 Å². The first-order chi connectivity index (χ1) is 9.19. The highest BCUT2D eigenvalue weighted by atomic mass is 31.2. The fraction of sp³-hybridized carbons (Fsp3) is 0.308. The number of rotatable bonds is 6. The minimum atomic E-state index is -3.38. The molecule has 1 aromatic carbocycles. The summed E-state index contributed by atoms with van der Waals surface area (Å²) in [6.07, 6.45) is 0. The van der Waals surface area contributed by atoms with Crippen molar-refractivity contribution in [1.82, 2.24) is 5.16 Å². The summed E-state index contributed by atoms with van der Waals surface area (Å²) in [5.41, 5.74) is 1.07. The zero-order valence-electron chi connectivity index (χ0n) is 10.9. The van der Waals surface area contributed by atoms with Gasteiger partial charge in [0, 0.05) is 11.6 Å². The van der Waals surface area contributed by atoms with Gasteiger partial charge in [-0.3, -0.25) is 4.57 Å². The molecule has 6 heteroatoms. The van der Waals surface area contributed by atoms with E-state index in [9.17, 15) is 4.57 Å². The smallest absolute Gasteiger partial charge is 0.355 e. The van der Waals surface area contributed by atoms with Gasteiger partial charge in [-0.2, -0.15) is 0 Å². The van der Waals surface area contributed by atoms with Gasteiger partial charge in [-0.15, -0.1) is 0 Å². The molecule has 0 saturated carbocycles. The largest absolute Gasteiger partial charge is 0.383 e. The lowest BCUT2D eigenvalue weighted by Crippen LogP contribution is -2.11. The Hall–Kier alpha value is -1.42. The molecule has 0 amide bonds. The highest BCUT2D eigenvalue weighted by Crippen LogP contribution is 2.46. The van der Waals surface area contributed by atoms with Gasteiger partial charge < -0.3 is 13.6 Å². The Morgan fingerprint density at radius 2 is 1.79 bits per heavy atom. The molecule has 0 N–H and O–H groups in total. The van der Waals surface area contributed by atoms with Gasteiger partial charge in [-0.1, -0.05) is 35.5 Å². The Morgan fingerprint density at radius 1 is 1.16 bits per heavy atom. The SMILES string of the molecule is CCOP(=O)(OCC)c1cc(-c2ccccc2)on1. The molecule has 0 bridgehead atoms. The zero-order chi connectivity index (χ0) is 13.7. The third-order valence-corrected chi connectivity index (χ3v) is 4.40. The van der Waals surface area contributed by atoms with E-state index in [0.717, 1.165) is 5.56 Å². The Labute approximate surface area is 112 Å². The molecular weight excluding hydrogens is 265 g/mol. The first kappa shape index (κ1) is 14.0. The van der Waals surface area contributed by atoms with Crippen LogP contribution in [0, 0.1) is 0 Å². The third kappa shape index (κ3) is 3.13. The van der Waals surface area contributed by atoms with Crippen LogP contribution in [0.15, 0.2) is 40.9 Å². The molecule has 1 heterocycles. The van der Waals surface area contributed by atoms with Crippen molar-refractivity contribution in [1.29, 1.82) is 0 Å². The van der Waals surface area contributed by atoms with E-state index in [-0.39, 0.29) is 18.6 Å². The first-order valence-corrected chi connectivity index (χ1v) is 7.65. The van der Waals surface area contributed by atoms with E-state index >= 15 is 0 Å². The number of nitrogens with zero attached hydrogens (tertiary/aromatic N) is 1. The van der Waals surface area contributed by atoms with Gasteiger partial charge in [0.05, 0.1) is 13.2 Å². The quantitative estimate of drug-likeness (QED) is 0.761. The molecule has 2 rings (SSSR count).